The van der Waals surface area contributed by atoms with Crippen LogP contribution in [0, 0.1) is 11.3 Å². The number of carbonyl (C=O) groups is 2. The number of anilines is 2. The van der Waals surface area contributed by atoms with E-state index in [9.17, 15) is 9.59 Å². The van der Waals surface area contributed by atoms with Crippen LogP contribution in [-0.4, -0.2) is 18.9 Å². The second-order valence-electron chi connectivity index (χ2n) is 5.40. The van der Waals surface area contributed by atoms with E-state index in [4.69, 9.17) is 10.00 Å². The van der Waals surface area contributed by atoms with Gasteiger partial charge in [0.05, 0.1) is 12.5 Å². The van der Waals surface area contributed by atoms with Crippen molar-refractivity contribution in [2.24, 2.45) is 0 Å². The van der Waals surface area contributed by atoms with Crippen molar-refractivity contribution < 1.29 is 14.3 Å². The summed E-state index contributed by atoms with van der Waals surface area (Å²) >= 11 is 0. The number of hydrogen-bond donors (Lipinski definition) is 2. The first-order chi connectivity index (χ1) is 11.6. The van der Waals surface area contributed by atoms with Gasteiger partial charge in [0.1, 0.15) is 0 Å². The quantitative estimate of drug-likeness (QED) is 0.905. The maximum absolute atomic E-state index is 12.3. The minimum absolute atomic E-state index is 0.113. The van der Waals surface area contributed by atoms with Crippen LogP contribution in [0.3, 0.4) is 0 Å². The molecule has 1 atom stereocenters. The molecule has 0 spiro atoms. The van der Waals surface area contributed by atoms with Crippen LogP contribution >= 0.6 is 0 Å². The maximum Gasteiger partial charge on any atom is 0.262 e. The van der Waals surface area contributed by atoms with Gasteiger partial charge in [0.25, 0.3) is 11.8 Å². The molecule has 1 aliphatic rings. The first-order valence-electron chi connectivity index (χ1n) is 7.35. The minimum Gasteiger partial charge on any atom is -0.362 e. The number of nitrogens with zero attached hydrogens (tertiary/aromatic N) is 1. The van der Waals surface area contributed by atoms with Gasteiger partial charge < -0.3 is 15.4 Å². The fourth-order valence-corrected chi connectivity index (χ4v) is 2.77. The van der Waals surface area contributed by atoms with Gasteiger partial charge in [0.15, 0.2) is 5.60 Å². The molecule has 0 aliphatic carbocycles. The lowest BCUT2D eigenvalue weighted by atomic mass is 9.91. The highest BCUT2D eigenvalue weighted by Gasteiger charge is 2.47. The summed E-state index contributed by atoms with van der Waals surface area (Å²) in [5, 5.41) is 14.5. The number of nitriles is 1. The number of benzene rings is 2. The van der Waals surface area contributed by atoms with E-state index in [1.165, 1.54) is 7.11 Å². The summed E-state index contributed by atoms with van der Waals surface area (Å²) in [5.41, 5.74) is 0.829. The highest BCUT2D eigenvalue weighted by Crippen LogP contribution is 2.42. The summed E-state index contributed by atoms with van der Waals surface area (Å²) in [7, 11) is 1.39. The zero-order valence-corrected chi connectivity index (χ0v) is 13.0. The molecule has 24 heavy (non-hydrogen) atoms. The third-order valence-electron chi connectivity index (χ3n) is 4.04. The molecule has 2 aromatic carbocycles. The Morgan fingerprint density at radius 3 is 2.71 bits per heavy atom. The number of amides is 2. The summed E-state index contributed by atoms with van der Waals surface area (Å²) in [6.45, 7) is 0. The predicted octanol–water partition coefficient (Wildman–Crippen LogP) is 2.65. The SMILES string of the molecule is COC1(CC#N)C(=O)Nc2ccc(NC(=O)c3ccccc3)cc21. The molecule has 0 saturated carbocycles. The van der Waals surface area contributed by atoms with Gasteiger partial charge in [-0.25, -0.2) is 0 Å². The van der Waals surface area contributed by atoms with E-state index < -0.39 is 5.60 Å². The van der Waals surface area contributed by atoms with Crippen molar-refractivity contribution in [3.05, 3.63) is 59.7 Å². The second-order valence-corrected chi connectivity index (χ2v) is 5.40. The second kappa shape index (κ2) is 6.14. The third-order valence-corrected chi connectivity index (χ3v) is 4.04. The number of hydrogen-bond acceptors (Lipinski definition) is 4. The van der Waals surface area contributed by atoms with Gasteiger partial charge in [0.2, 0.25) is 0 Å². The molecule has 1 aliphatic heterocycles. The maximum atomic E-state index is 12.3. The van der Waals surface area contributed by atoms with Crippen LogP contribution < -0.4 is 10.6 Å². The molecule has 0 bridgehead atoms. The molecular formula is C18H15N3O3. The molecule has 2 N–H and O–H groups in total. The van der Waals surface area contributed by atoms with Crippen molar-refractivity contribution in [3.63, 3.8) is 0 Å². The molecule has 0 radical (unpaired) electrons. The third kappa shape index (κ3) is 2.51. The Labute approximate surface area is 139 Å². The normalized spacial score (nSPS) is 18.4. The van der Waals surface area contributed by atoms with Crippen LogP contribution in [0.15, 0.2) is 48.5 Å². The molecule has 2 aromatic rings. The average molecular weight is 321 g/mol. The highest BCUT2D eigenvalue weighted by atomic mass is 16.5. The first-order valence-corrected chi connectivity index (χ1v) is 7.35. The lowest BCUT2D eigenvalue weighted by molar-refractivity contribution is -0.136. The van der Waals surface area contributed by atoms with Crippen LogP contribution in [-0.2, 0) is 15.1 Å². The van der Waals surface area contributed by atoms with E-state index in [1.54, 1.807) is 42.5 Å². The Hall–Kier alpha value is -3.17. The molecule has 0 saturated heterocycles. The van der Waals surface area contributed by atoms with E-state index in [2.05, 4.69) is 10.6 Å². The van der Waals surface area contributed by atoms with Gasteiger partial charge in [0, 0.05) is 29.6 Å². The summed E-state index contributed by atoms with van der Waals surface area (Å²) < 4.78 is 5.38. The zero-order valence-electron chi connectivity index (χ0n) is 13.0. The van der Waals surface area contributed by atoms with E-state index in [-0.39, 0.29) is 18.2 Å². The summed E-state index contributed by atoms with van der Waals surface area (Å²) in [5.74, 6) is -0.635. The minimum atomic E-state index is -1.35. The largest absolute Gasteiger partial charge is 0.362 e. The molecule has 120 valence electrons. The average Bonchev–Trinajstić information content (AvgIpc) is 2.88. The Kier molecular flexibility index (Phi) is 4.02. The van der Waals surface area contributed by atoms with Gasteiger partial charge in [-0.1, -0.05) is 18.2 Å². The van der Waals surface area contributed by atoms with Crippen molar-refractivity contribution >= 4 is 23.2 Å². The Bertz CT molecular complexity index is 842. The van der Waals surface area contributed by atoms with E-state index >= 15 is 0 Å². The van der Waals surface area contributed by atoms with Gasteiger partial charge in [-0.3, -0.25) is 9.59 Å². The predicted molar refractivity (Wildman–Crippen MR) is 88.4 cm³/mol. The van der Waals surface area contributed by atoms with Crippen LogP contribution in [0.2, 0.25) is 0 Å². The molecule has 6 heteroatoms. The van der Waals surface area contributed by atoms with Crippen molar-refractivity contribution in [1.29, 1.82) is 5.26 Å². The Morgan fingerprint density at radius 1 is 1.29 bits per heavy atom. The molecule has 2 amide bonds. The van der Waals surface area contributed by atoms with Gasteiger partial charge in [-0.2, -0.15) is 5.26 Å². The van der Waals surface area contributed by atoms with Crippen molar-refractivity contribution in [2.75, 3.05) is 17.7 Å². The first kappa shape index (κ1) is 15.7. The smallest absolute Gasteiger partial charge is 0.262 e. The summed E-state index contributed by atoms with van der Waals surface area (Å²) in [6.07, 6.45) is -0.113. The summed E-state index contributed by atoms with van der Waals surface area (Å²) in [6, 6.07) is 15.8. The molecule has 0 aromatic heterocycles. The Morgan fingerprint density at radius 2 is 2.04 bits per heavy atom. The number of nitrogens with one attached hydrogen (secondary N) is 2. The lowest BCUT2D eigenvalue weighted by Crippen LogP contribution is -2.36. The van der Waals surface area contributed by atoms with E-state index in [0.29, 0.717) is 22.5 Å². The van der Waals surface area contributed by atoms with Gasteiger partial charge in [-0.05, 0) is 30.3 Å². The monoisotopic (exact) mass is 321 g/mol. The molecule has 6 nitrogen and oxygen atoms in total. The van der Waals surface area contributed by atoms with E-state index in [0.717, 1.165) is 0 Å². The molecular weight excluding hydrogens is 306 g/mol. The number of carbonyl (C=O) groups excluding carboxylic acids is 2. The molecule has 0 fully saturated rings. The van der Waals surface area contributed by atoms with E-state index in [1.807, 2.05) is 12.1 Å². The lowest BCUT2D eigenvalue weighted by Gasteiger charge is -2.23. The van der Waals surface area contributed by atoms with Crippen molar-refractivity contribution in [1.82, 2.24) is 0 Å². The fraction of sp³-hybridized carbons (Fsp3) is 0.167. The van der Waals surface area contributed by atoms with Gasteiger partial charge in [-0.15, -0.1) is 0 Å². The topological polar surface area (TPSA) is 91.2 Å². The Balaban J connectivity index is 1.93. The number of fused-ring (bicyclic) bond motifs is 1. The standard InChI is InChI=1S/C18H15N3O3/c1-24-18(9-10-19)14-11-13(7-8-15(14)21-17(18)23)20-16(22)12-5-3-2-4-6-12/h2-8,11H,9H2,1H3,(H,20,22)(H,21,23). The number of methoxy groups -OCH3 is 1. The molecule has 1 heterocycles. The van der Waals surface area contributed by atoms with Crippen molar-refractivity contribution in [2.45, 2.75) is 12.0 Å². The van der Waals surface area contributed by atoms with Crippen molar-refractivity contribution in [3.8, 4) is 6.07 Å². The van der Waals surface area contributed by atoms with Gasteiger partial charge >= 0.3 is 0 Å². The highest BCUT2D eigenvalue weighted by molar-refractivity contribution is 6.07. The van der Waals surface area contributed by atoms with Crippen LogP contribution in [0.5, 0.6) is 0 Å². The number of rotatable bonds is 4. The molecule has 1 unspecified atom stereocenters. The van der Waals surface area contributed by atoms with Crippen LogP contribution in [0.25, 0.3) is 0 Å². The van der Waals surface area contributed by atoms with Crippen LogP contribution in [0.4, 0.5) is 11.4 Å². The number of ether oxygens (including phenoxy) is 1. The van der Waals surface area contributed by atoms with Crippen LogP contribution in [0.1, 0.15) is 22.3 Å². The zero-order chi connectivity index (χ0) is 17.2. The molecule has 3 rings (SSSR count). The summed E-state index contributed by atoms with van der Waals surface area (Å²) in [4.78, 5) is 24.5. The fourth-order valence-electron chi connectivity index (χ4n) is 2.77.